The molecule has 1 aliphatic rings. The first-order valence-corrected chi connectivity index (χ1v) is 6.54. The average Bonchev–Trinajstić information content (AvgIpc) is 2.79. The number of guanidine groups is 1. The summed E-state index contributed by atoms with van der Waals surface area (Å²) < 4.78 is 10.6. The molecule has 0 saturated carbocycles. The summed E-state index contributed by atoms with van der Waals surface area (Å²) in [6.45, 7) is 4.75. The van der Waals surface area contributed by atoms with Gasteiger partial charge in [-0.25, -0.2) is 0 Å². The molecule has 0 fully saturated rings. The first kappa shape index (κ1) is 13.7. The fourth-order valence-corrected chi connectivity index (χ4v) is 2.23. The summed E-state index contributed by atoms with van der Waals surface area (Å²) in [4.78, 5) is 6.40. The van der Waals surface area contributed by atoms with Crippen LogP contribution in [-0.4, -0.2) is 44.3 Å². The molecular formula is C14H21N3O2. The van der Waals surface area contributed by atoms with Crippen LogP contribution in [0.25, 0.3) is 0 Å². The van der Waals surface area contributed by atoms with Crippen molar-refractivity contribution in [3.8, 4) is 5.75 Å². The molecule has 1 atom stereocenters. The second-order valence-electron chi connectivity index (χ2n) is 4.40. The average molecular weight is 263 g/mol. The Balaban J connectivity index is 2.07. The Hall–Kier alpha value is -1.75. The fourth-order valence-electron chi connectivity index (χ4n) is 2.23. The first-order valence-electron chi connectivity index (χ1n) is 6.54. The molecule has 1 heterocycles. The van der Waals surface area contributed by atoms with Gasteiger partial charge in [-0.1, -0.05) is 12.1 Å². The molecule has 19 heavy (non-hydrogen) atoms. The number of nitrogens with zero attached hydrogens (tertiary/aromatic N) is 2. The number of aliphatic imine (C=N–C) groups is 1. The zero-order chi connectivity index (χ0) is 13.7. The second-order valence-corrected chi connectivity index (χ2v) is 4.40. The van der Waals surface area contributed by atoms with E-state index < -0.39 is 0 Å². The summed E-state index contributed by atoms with van der Waals surface area (Å²) in [5.41, 5.74) is 7.12. The van der Waals surface area contributed by atoms with Gasteiger partial charge in [0, 0.05) is 13.7 Å². The highest BCUT2D eigenvalue weighted by atomic mass is 16.5. The molecule has 1 unspecified atom stereocenters. The van der Waals surface area contributed by atoms with Gasteiger partial charge < -0.3 is 20.1 Å². The van der Waals surface area contributed by atoms with Crippen LogP contribution in [0.5, 0.6) is 5.75 Å². The SMILES string of the molecule is CCOc1ccc(C2CN=C(N)N2CCOC)cc1. The molecule has 1 aromatic rings. The van der Waals surface area contributed by atoms with Gasteiger partial charge in [0.15, 0.2) is 5.96 Å². The summed E-state index contributed by atoms with van der Waals surface area (Å²) in [6, 6.07) is 8.32. The summed E-state index contributed by atoms with van der Waals surface area (Å²) in [5.74, 6) is 1.48. The summed E-state index contributed by atoms with van der Waals surface area (Å²) in [7, 11) is 1.69. The van der Waals surface area contributed by atoms with E-state index in [9.17, 15) is 0 Å². The Morgan fingerprint density at radius 3 is 2.74 bits per heavy atom. The third-order valence-electron chi connectivity index (χ3n) is 3.21. The summed E-state index contributed by atoms with van der Waals surface area (Å²) >= 11 is 0. The van der Waals surface area contributed by atoms with Crippen LogP contribution in [0.15, 0.2) is 29.3 Å². The molecule has 0 bridgehead atoms. The highest BCUT2D eigenvalue weighted by Crippen LogP contribution is 2.26. The molecule has 0 aliphatic carbocycles. The van der Waals surface area contributed by atoms with Crippen molar-refractivity contribution >= 4 is 5.96 Å². The fraction of sp³-hybridized carbons (Fsp3) is 0.500. The van der Waals surface area contributed by atoms with Gasteiger partial charge in [0.25, 0.3) is 0 Å². The normalized spacial score (nSPS) is 18.5. The Morgan fingerprint density at radius 1 is 1.37 bits per heavy atom. The van der Waals surface area contributed by atoms with E-state index in [1.54, 1.807) is 7.11 Å². The second kappa shape index (κ2) is 6.43. The molecule has 0 amide bonds. The number of benzene rings is 1. The molecule has 0 radical (unpaired) electrons. The van der Waals surface area contributed by atoms with Crippen molar-refractivity contribution in [2.45, 2.75) is 13.0 Å². The minimum atomic E-state index is 0.200. The zero-order valence-corrected chi connectivity index (χ0v) is 11.5. The Bertz CT molecular complexity index is 431. The van der Waals surface area contributed by atoms with Crippen LogP contribution in [0.4, 0.5) is 0 Å². The summed E-state index contributed by atoms with van der Waals surface area (Å²) in [5, 5.41) is 0. The van der Waals surface area contributed by atoms with Crippen molar-refractivity contribution in [2.75, 3.05) is 33.4 Å². The quantitative estimate of drug-likeness (QED) is 0.843. The predicted octanol–water partition coefficient (Wildman–Crippen LogP) is 1.40. The molecule has 104 valence electrons. The predicted molar refractivity (Wildman–Crippen MR) is 75.4 cm³/mol. The third kappa shape index (κ3) is 3.17. The van der Waals surface area contributed by atoms with Gasteiger partial charge in [-0.2, -0.15) is 0 Å². The molecule has 0 spiro atoms. The monoisotopic (exact) mass is 263 g/mol. The number of ether oxygens (including phenoxy) is 2. The first-order chi connectivity index (χ1) is 9.26. The van der Waals surface area contributed by atoms with Gasteiger partial charge in [-0.3, -0.25) is 4.99 Å². The van der Waals surface area contributed by atoms with Gasteiger partial charge in [-0.05, 0) is 24.6 Å². The largest absolute Gasteiger partial charge is 0.494 e. The molecule has 5 nitrogen and oxygen atoms in total. The molecule has 2 rings (SSSR count). The number of hydrogen-bond donors (Lipinski definition) is 1. The van der Waals surface area contributed by atoms with Crippen LogP contribution in [-0.2, 0) is 4.74 Å². The van der Waals surface area contributed by atoms with Crippen molar-refractivity contribution in [1.29, 1.82) is 0 Å². The van der Waals surface area contributed by atoms with Crippen LogP contribution in [0.2, 0.25) is 0 Å². The van der Waals surface area contributed by atoms with E-state index in [2.05, 4.69) is 22.0 Å². The van der Waals surface area contributed by atoms with E-state index in [1.165, 1.54) is 5.56 Å². The Labute approximate surface area is 114 Å². The summed E-state index contributed by atoms with van der Waals surface area (Å²) in [6.07, 6.45) is 0. The van der Waals surface area contributed by atoms with Gasteiger partial charge in [0.2, 0.25) is 0 Å². The highest BCUT2D eigenvalue weighted by Gasteiger charge is 2.26. The number of hydrogen-bond acceptors (Lipinski definition) is 5. The standard InChI is InChI=1S/C14H21N3O2/c1-3-19-12-6-4-11(5-7-12)13-10-16-14(15)17(13)8-9-18-2/h4-7,13H,3,8-10H2,1-2H3,(H2,15,16). The van der Waals surface area contributed by atoms with E-state index in [1.807, 2.05) is 19.1 Å². The highest BCUT2D eigenvalue weighted by molar-refractivity contribution is 5.80. The van der Waals surface area contributed by atoms with Gasteiger partial charge >= 0.3 is 0 Å². The third-order valence-corrected chi connectivity index (χ3v) is 3.21. The molecular weight excluding hydrogens is 242 g/mol. The minimum Gasteiger partial charge on any atom is -0.494 e. The number of rotatable bonds is 6. The van der Waals surface area contributed by atoms with Crippen molar-refractivity contribution < 1.29 is 9.47 Å². The molecule has 0 saturated heterocycles. The number of methoxy groups -OCH3 is 1. The van der Waals surface area contributed by atoms with Gasteiger partial charge in [-0.15, -0.1) is 0 Å². The molecule has 2 N–H and O–H groups in total. The van der Waals surface area contributed by atoms with Crippen LogP contribution in [0.1, 0.15) is 18.5 Å². The lowest BCUT2D eigenvalue weighted by Gasteiger charge is -2.26. The Kier molecular flexibility index (Phi) is 4.63. The van der Waals surface area contributed by atoms with E-state index in [0.29, 0.717) is 25.7 Å². The molecule has 0 aromatic heterocycles. The lowest BCUT2D eigenvalue weighted by Crippen LogP contribution is -2.38. The minimum absolute atomic E-state index is 0.200. The number of nitrogens with two attached hydrogens (primary N) is 1. The van der Waals surface area contributed by atoms with Crippen molar-refractivity contribution in [2.24, 2.45) is 10.7 Å². The van der Waals surface area contributed by atoms with Crippen molar-refractivity contribution in [3.05, 3.63) is 29.8 Å². The maximum absolute atomic E-state index is 5.92. The lowest BCUT2D eigenvalue weighted by molar-refractivity contribution is 0.166. The van der Waals surface area contributed by atoms with E-state index in [4.69, 9.17) is 15.2 Å². The van der Waals surface area contributed by atoms with Crippen LogP contribution < -0.4 is 10.5 Å². The van der Waals surface area contributed by atoms with Crippen molar-refractivity contribution in [3.63, 3.8) is 0 Å². The van der Waals surface area contributed by atoms with E-state index in [-0.39, 0.29) is 6.04 Å². The molecule has 1 aliphatic heterocycles. The van der Waals surface area contributed by atoms with Crippen LogP contribution >= 0.6 is 0 Å². The van der Waals surface area contributed by atoms with Crippen LogP contribution in [0, 0.1) is 0 Å². The Morgan fingerprint density at radius 2 is 2.11 bits per heavy atom. The van der Waals surface area contributed by atoms with Crippen LogP contribution in [0.3, 0.4) is 0 Å². The zero-order valence-electron chi connectivity index (χ0n) is 11.5. The topological polar surface area (TPSA) is 60.1 Å². The molecule has 5 heteroatoms. The van der Waals surface area contributed by atoms with Crippen molar-refractivity contribution in [1.82, 2.24) is 4.90 Å². The van der Waals surface area contributed by atoms with Gasteiger partial charge in [0.1, 0.15) is 5.75 Å². The van der Waals surface area contributed by atoms with E-state index in [0.717, 1.165) is 12.3 Å². The maximum Gasteiger partial charge on any atom is 0.192 e. The van der Waals surface area contributed by atoms with Gasteiger partial charge in [0.05, 0.1) is 25.8 Å². The van der Waals surface area contributed by atoms with E-state index >= 15 is 0 Å². The molecule has 1 aromatic carbocycles. The lowest BCUT2D eigenvalue weighted by atomic mass is 10.1. The smallest absolute Gasteiger partial charge is 0.192 e. The maximum atomic E-state index is 5.92.